The normalized spacial score (nSPS) is 12.4. The number of rotatable bonds is 5. The molecule has 2 aromatic rings. The van der Waals surface area contributed by atoms with Crippen LogP contribution in [0.15, 0.2) is 36.7 Å². The van der Waals surface area contributed by atoms with Crippen LogP contribution in [0, 0.1) is 0 Å². The molecular formula is C14H13Cl3N2O. The molecule has 1 unspecified atom stereocenters. The minimum atomic E-state index is -0.688. The summed E-state index contributed by atoms with van der Waals surface area (Å²) in [7, 11) is 0. The van der Waals surface area contributed by atoms with Crippen molar-refractivity contribution in [2.75, 3.05) is 6.54 Å². The lowest BCUT2D eigenvalue weighted by molar-refractivity contribution is 0.174. The molecule has 3 nitrogen and oxygen atoms in total. The molecule has 0 aliphatic heterocycles. The van der Waals surface area contributed by atoms with Crippen LogP contribution in [-0.4, -0.2) is 16.6 Å². The Morgan fingerprint density at radius 3 is 2.50 bits per heavy atom. The number of aliphatic hydroxyl groups excluding tert-OH is 1. The molecule has 2 N–H and O–H groups in total. The Balaban J connectivity index is 1.92. The molecule has 1 heterocycles. The Kier molecular flexibility index (Phi) is 5.64. The molecule has 2 rings (SSSR count). The van der Waals surface area contributed by atoms with E-state index in [2.05, 4.69) is 10.3 Å². The van der Waals surface area contributed by atoms with E-state index in [1.165, 1.54) is 0 Å². The van der Waals surface area contributed by atoms with Crippen LogP contribution in [-0.2, 0) is 6.54 Å². The molecule has 0 bridgehead atoms. The van der Waals surface area contributed by atoms with Crippen molar-refractivity contribution < 1.29 is 5.11 Å². The minimum absolute atomic E-state index is 0.370. The lowest BCUT2D eigenvalue weighted by Gasteiger charge is -2.13. The van der Waals surface area contributed by atoms with Crippen LogP contribution in [0.25, 0.3) is 0 Å². The van der Waals surface area contributed by atoms with Crippen molar-refractivity contribution in [3.8, 4) is 0 Å². The molecule has 0 saturated carbocycles. The van der Waals surface area contributed by atoms with Gasteiger partial charge in [0, 0.05) is 35.5 Å². The fourth-order valence-electron chi connectivity index (χ4n) is 1.78. The van der Waals surface area contributed by atoms with E-state index in [4.69, 9.17) is 34.8 Å². The summed E-state index contributed by atoms with van der Waals surface area (Å²) in [6, 6.07) is 6.85. The van der Waals surface area contributed by atoms with Crippen molar-refractivity contribution in [1.82, 2.24) is 10.3 Å². The Labute approximate surface area is 132 Å². The number of halogens is 3. The maximum absolute atomic E-state index is 10.1. The number of hydrogen-bond donors (Lipinski definition) is 2. The summed E-state index contributed by atoms with van der Waals surface area (Å²) in [5, 5.41) is 14.8. The van der Waals surface area contributed by atoms with E-state index in [-0.39, 0.29) is 0 Å². The molecule has 0 aliphatic rings. The first-order valence-electron chi connectivity index (χ1n) is 5.99. The number of benzene rings is 1. The molecule has 20 heavy (non-hydrogen) atoms. The summed E-state index contributed by atoms with van der Waals surface area (Å²) in [6.45, 7) is 0.919. The van der Waals surface area contributed by atoms with Gasteiger partial charge in [-0.05, 0) is 35.4 Å². The van der Waals surface area contributed by atoms with E-state index in [1.807, 2.05) is 6.07 Å². The van der Waals surface area contributed by atoms with Gasteiger partial charge in [-0.15, -0.1) is 0 Å². The topological polar surface area (TPSA) is 45.1 Å². The molecule has 0 fully saturated rings. The molecule has 6 heteroatoms. The second-order valence-corrected chi connectivity index (χ2v) is 5.60. The Morgan fingerprint density at radius 2 is 1.85 bits per heavy atom. The first-order chi connectivity index (χ1) is 9.56. The fraction of sp³-hybridized carbons (Fsp3) is 0.214. The summed E-state index contributed by atoms with van der Waals surface area (Å²) < 4.78 is 0. The Hall–Kier alpha value is -0.840. The van der Waals surface area contributed by atoms with Gasteiger partial charge in [0.05, 0.1) is 11.1 Å². The Bertz CT molecular complexity index is 572. The molecular weight excluding hydrogens is 319 g/mol. The van der Waals surface area contributed by atoms with Crippen molar-refractivity contribution in [2.24, 2.45) is 0 Å². The molecule has 0 radical (unpaired) electrons. The minimum Gasteiger partial charge on any atom is -0.387 e. The van der Waals surface area contributed by atoms with Gasteiger partial charge in [-0.2, -0.15) is 0 Å². The third-order valence-electron chi connectivity index (χ3n) is 2.78. The van der Waals surface area contributed by atoms with Crippen LogP contribution in [0.2, 0.25) is 15.1 Å². The van der Waals surface area contributed by atoms with Crippen molar-refractivity contribution in [1.29, 1.82) is 0 Å². The van der Waals surface area contributed by atoms with Crippen LogP contribution in [0.1, 0.15) is 17.2 Å². The van der Waals surface area contributed by atoms with Crippen molar-refractivity contribution >= 4 is 34.8 Å². The first-order valence-corrected chi connectivity index (χ1v) is 7.13. The van der Waals surface area contributed by atoms with Crippen LogP contribution < -0.4 is 5.32 Å². The van der Waals surface area contributed by atoms with Crippen LogP contribution in [0.4, 0.5) is 0 Å². The number of aromatic nitrogens is 1. The highest BCUT2D eigenvalue weighted by atomic mass is 35.5. The standard InChI is InChI=1S/C14H13Cl3N2O/c15-11-3-10(4-12(16)5-11)14(20)8-19-6-9-1-2-18-7-13(9)17/h1-5,7,14,19-20H,6,8H2. The van der Waals surface area contributed by atoms with Gasteiger partial charge < -0.3 is 10.4 Å². The third kappa shape index (κ3) is 4.33. The van der Waals surface area contributed by atoms with Crippen molar-refractivity contribution in [2.45, 2.75) is 12.6 Å². The van der Waals surface area contributed by atoms with Gasteiger partial charge in [0.25, 0.3) is 0 Å². The van der Waals surface area contributed by atoms with Crippen molar-refractivity contribution in [3.63, 3.8) is 0 Å². The average Bonchev–Trinajstić information content (AvgIpc) is 2.39. The molecule has 0 spiro atoms. The zero-order valence-electron chi connectivity index (χ0n) is 10.5. The molecule has 0 amide bonds. The summed E-state index contributed by atoms with van der Waals surface area (Å²) in [5.74, 6) is 0. The molecule has 1 atom stereocenters. The highest BCUT2D eigenvalue weighted by molar-refractivity contribution is 6.34. The maximum Gasteiger partial charge on any atom is 0.0915 e. The summed E-state index contributed by atoms with van der Waals surface area (Å²) in [6.07, 6.45) is 2.58. The van der Waals surface area contributed by atoms with Gasteiger partial charge in [0.2, 0.25) is 0 Å². The molecule has 1 aromatic carbocycles. The van der Waals surface area contributed by atoms with E-state index in [9.17, 15) is 5.11 Å². The van der Waals surface area contributed by atoms with Crippen LogP contribution in [0.3, 0.4) is 0 Å². The van der Waals surface area contributed by atoms with Crippen molar-refractivity contribution in [3.05, 3.63) is 62.9 Å². The monoisotopic (exact) mass is 330 g/mol. The number of pyridine rings is 1. The third-order valence-corrected chi connectivity index (χ3v) is 3.56. The highest BCUT2D eigenvalue weighted by Crippen LogP contribution is 2.23. The second kappa shape index (κ2) is 7.25. The lowest BCUT2D eigenvalue weighted by atomic mass is 10.1. The van der Waals surface area contributed by atoms with Gasteiger partial charge in [0.1, 0.15) is 0 Å². The summed E-state index contributed by atoms with van der Waals surface area (Å²) in [5.41, 5.74) is 1.61. The number of aliphatic hydroxyl groups is 1. The van der Waals surface area contributed by atoms with Gasteiger partial charge in [0.15, 0.2) is 0 Å². The van der Waals surface area contributed by atoms with Gasteiger partial charge in [-0.25, -0.2) is 0 Å². The molecule has 0 aliphatic carbocycles. The highest BCUT2D eigenvalue weighted by Gasteiger charge is 2.09. The zero-order valence-corrected chi connectivity index (χ0v) is 12.8. The predicted octanol–water partition coefficient (Wildman–Crippen LogP) is 3.87. The first kappa shape index (κ1) is 15.5. The van der Waals surface area contributed by atoms with E-state index >= 15 is 0 Å². The summed E-state index contributed by atoms with van der Waals surface area (Å²) >= 11 is 17.8. The second-order valence-electron chi connectivity index (χ2n) is 4.32. The summed E-state index contributed by atoms with van der Waals surface area (Å²) in [4.78, 5) is 3.92. The lowest BCUT2D eigenvalue weighted by Crippen LogP contribution is -2.21. The van der Waals surface area contributed by atoms with E-state index in [0.29, 0.717) is 33.7 Å². The number of nitrogens with one attached hydrogen (secondary N) is 1. The molecule has 0 saturated heterocycles. The predicted molar refractivity (Wildman–Crippen MR) is 82.4 cm³/mol. The number of nitrogens with zero attached hydrogens (tertiary/aromatic N) is 1. The maximum atomic E-state index is 10.1. The van der Waals surface area contributed by atoms with Gasteiger partial charge >= 0.3 is 0 Å². The molecule has 106 valence electrons. The molecule has 1 aromatic heterocycles. The van der Waals surface area contributed by atoms with E-state index in [1.54, 1.807) is 30.6 Å². The van der Waals surface area contributed by atoms with Gasteiger partial charge in [-0.1, -0.05) is 34.8 Å². The quantitative estimate of drug-likeness (QED) is 0.874. The smallest absolute Gasteiger partial charge is 0.0915 e. The van der Waals surface area contributed by atoms with Crippen LogP contribution >= 0.6 is 34.8 Å². The Morgan fingerprint density at radius 1 is 1.15 bits per heavy atom. The van der Waals surface area contributed by atoms with Crippen LogP contribution in [0.5, 0.6) is 0 Å². The van der Waals surface area contributed by atoms with E-state index < -0.39 is 6.10 Å². The average molecular weight is 332 g/mol. The SMILES string of the molecule is OC(CNCc1ccncc1Cl)c1cc(Cl)cc(Cl)c1. The van der Waals surface area contributed by atoms with Gasteiger partial charge in [-0.3, -0.25) is 4.98 Å². The van der Waals surface area contributed by atoms with E-state index in [0.717, 1.165) is 5.56 Å². The zero-order chi connectivity index (χ0) is 14.5. The largest absolute Gasteiger partial charge is 0.387 e. The number of hydrogen-bond acceptors (Lipinski definition) is 3. The fourth-order valence-corrected chi connectivity index (χ4v) is 2.51.